The normalized spacial score (nSPS) is 11.4. The van der Waals surface area contributed by atoms with Gasteiger partial charge in [0.25, 0.3) is 0 Å². The Morgan fingerprint density at radius 1 is 0.976 bits per heavy atom. The molecule has 2 aromatic heterocycles. The van der Waals surface area contributed by atoms with Crippen molar-refractivity contribution in [3.8, 4) is 22.8 Å². The van der Waals surface area contributed by atoms with Crippen LogP contribution < -0.4 is 10.6 Å². The van der Waals surface area contributed by atoms with Gasteiger partial charge in [0.15, 0.2) is 10.7 Å². The molecular formula is C32H21BrClN3O3S. The lowest BCUT2D eigenvalue weighted by Crippen LogP contribution is -2.32. The minimum Gasteiger partial charge on any atom is -0.457 e. The minimum absolute atomic E-state index is 0.149. The van der Waals surface area contributed by atoms with Gasteiger partial charge in [-0.3, -0.25) is 10.1 Å². The molecule has 2 heterocycles. The van der Waals surface area contributed by atoms with Crippen molar-refractivity contribution >= 4 is 84.4 Å². The highest BCUT2D eigenvalue weighted by molar-refractivity contribution is 9.10. The lowest BCUT2D eigenvalue weighted by molar-refractivity contribution is -0.115. The predicted octanol–water partition coefficient (Wildman–Crippen LogP) is 9.16. The van der Waals surface area contributed by atoms with Gasteiger partial charge in [-0.2, -0.15) is 0 Å². The van der Waals surface area contributed by atoms with Gasteiger partial charge in [-0.1, -0.05) is 63.9 Å². The molecule has 9 heteroatoms. The van der Waals surface area contributed by atoms with Crippen molar-refractivity contribution in [1.29, 1.82) is 0 Å². The van der Waals surface area contributed by atoms with Gasteiger partial charge in [-0.05, 0) is 90.1 Å². The van der Waals surface area contributed by atoms with Crippen molar-refractivity contribution in [1.82, 2.24) is 10.3 Å². The monoisotopic (exact) mass is 641 g/mol. The van der Waals surface area contributed by atoms with E-state index in [4.69, 9.17) is 37.6 Å². The van der Waals surface area contributed by atoms with Crippen LogP contribution in [0.4, 0.5) is 5.69 Å². The number of nitrogens with one attached hydrogen (secondary N) is 2. The molecule has 1 amide bonds. The number of nitrogens with zero attached hydrogens (tertiary/aromatic N) is 1. The summed E-state index contributed by atoms with van der Waals surface area (Å²) < 4.78 is 12.9. The number of thiocarbonyl (C=S) groups is 1. The Bertz CT molecular complexity index is 2000. The summed E-state index contributed by atoms with van der Waals surface area (Å²) in [5, 5.41) is 8.60. The maximum absolute atomic E-state index is 12.5. The number of fused-ring (bicyclic) bond motifs is 2. The molecule has 0 saturated heterocycles. The van der Waals surface area contributed by atoms with E-state index >= 15 is 0 Å². The quantitative estimate of drug-likeness (QED) is 0.144. The molecule has 0 unspecified atom stereocenters. The average Bonchev–Trinajstić information content (AvgIpc) is 3.60. The summed E-state index contributed by atoms with van der Waals surface area (Å²) >= 11 is 15.2. The maximum atomic E-state index is 12.5. The van der Waals surface area contributed by atoms with Crippen LogP contribution in [-0.2, 0) is 4.79 Å². The summed E-state index contributed by atoms with van der Waals surface area (Å²) in [4.78, 5) is 17.2. The largest absolute Gasteiger partial charge is 0.457 e. The van der Waals surface area contributed by atoms with E-state index < -0.39 is 5.91 Å². The average molecular weight is 643 g/mol. The van der Waals surface area contributed by atoms with Gasteiger partial charge in [0.2, 0.25) is 11.8 Å². The molecule has 0 aliphatic rings. The lowest BCUT2D eigenvalue weighted by Gasteiger charge is -2.07. The van der Waals surface area contributed by atoms with Gasteiger partial charge in [0.1, 0.15) is 17.0 Å². The predicted molar refractivity (Wildman–Crippen MR) is 172 cm³/mol. The van der Waals surface area contributed by atoms with Crippen LogP contribution in [0.5, 0.6) is 0 Å². The third-order valence-corrected chi connectivity index (χ3v) is 7.77. The van der Waals surface area contributed by atoms with Crippen molar-refractivity contribution in [2.75, 3.05) is 5.32 Å². The Morgan fingerprint density at radius 3 is 2.66 bits per heavy atom. The van der Waals surface area contributed by atoms with E-state index in [0.29, 0.717) is 39.2 Å². The van der Waals surface area contributed by atoms with Crippen molar-refractivity contribution < 1.29 is 13.6 Å². The van der Waals surface area contributed by atoms with Crippen LogP contribution in [0.25, 0.3) is 50.7 Å². The summed E-state index contributed by atoms with van der Waals surface area (Å²) in [5.41, 5.74) is 4.71. The number of aromatic nitrogens is 1. The van der Waals surface area contributed by atoms with Gasteiger partial charge in [0.05, 0.1) is 0 Å². The molecule has 0 aliphatic heterocycles. The minimum atomic E-state index is -0.397. The molecule has 0 fully saturated rings. The Labute approximate surface area is 254 Å². The van der Waals surface area contributed by atoms with E-state index in [9.17, 15) is 4.79 Å². The highest BCUT2D eigenvalue weighted by Gasteiger charge is 2.13. The zero-order chi connectivity index (χ0) is 28.5. The van der Waals surface area contributed by atoms with Crippen molar-refractivity contribution in [3.05, 3.63) is 112 Å². The first kappa shape index (κ1) is 27.0. The van der Waals surface area contributed by atoms with Crippen molar-refractivity contribution in [2.45, 2.75) is 6.92 Å². The Kier molecular flexibility index (Phi) is 7.45. The fourth-order valence-corrected chi connectivity index (χ4v) is 5.29. The number of halogens is 2. The number of anilines is 1. The number of carbonyl (C=O) groups excluding carboxylic acids is 1. The van der Waals surface area contributed by atoms with Gasteiger partial charge in [-0.25, -0.2) is 4.98 Å². The molecule has 6 nitrogen and oxygen atoms in total. The van der Waals surface area contributed by atoms with Crippen LogP contribution in [-0.4, -0.2) is 16.0 Å². The molecule has 6 rings (SSSR count). The molecule has 4 aromatic carbocycles. The molecule has 41 heavy (non-hydrogen) atoms. The third-order valence-electron chi connectivity index (χ3n) is 6.46. The first-order valence-corrected chi connectivity index (χ1v) is 14.2. The first-order valence-electron chi connectivity index (χ1n) is 12.6. The fourth-order valence-electron chi connectivity index (χ4n) is 4.40. The number of hydrogen-bond donors (Lipinski definition) is 2. The number of aryl methyl sites for hydroxylation is 1. The molecular weight excluding hydrogens is 622 g/mol. The molecule has 0 radical (unpaired) electrons. The number of carbonyl (C=O) groups is 1. The lowest BCUT2D eigenvalue weighted by atomic mass is 10.0. The van der Waals surface area contributed by atoms with Crippen LogP contribution in [0.15, 0.2) is 104 Å². The molecule has 0 spiro atoms. The van der Waals surface area contributed by atoms with E-state index in [-0.39, 0.29) is 5.11 Å². The fraction of sp³-hybridized carbons (Fsp3) is 0.0312. The van der Waals surface area contributed by atoms with Crippen LogP contribution in [0.1, 0.15) is 11.3 Å². The van der Waals surface area contributed by atoms with Crippen LogP contribution in [0, 0.1) is 6.92 Å². The second-order valence-electron chi connectivity index (χ2n) is 9.28. The summed E-state index contributed by atoms with van der Waals surface area (Å²) in [5.74, 6) is 1.31. The van der Waals surface area contributed by atoms with E-state index in [0.717, 1.165) is 31.9 Å². The van der Waals surface area contributed by atoms with Crippen LogP contribution in [0.2, 0.25) is 5.02 Å². The SMILES string of the molecule is Cc1ccc(-c2ccc(/C=C/C(=O)NC(=S)Nc3ccc4oc(-c5cccc6c(Br)cccc56)nc4c3)o2)cc1Cl. The van der Waals surface area contributed by atoms with E-state index in [1.165, 1.54) is 6.08 Å². The topological polar surface area (TPSA) is 80.3 Å². The molecule has 6 aromatic rings. The highest BCUT2D eigenvalue weighted by Crippen LogP contribution is 2.34. The van der Waals surface area contributed by atoms with E-state index in [2.05, 4.69) is 26.6 Å². The third kappa shape index (κ3) is 5.81. The second kappa shape index (κ2) is 11.3. The maximum Gasteiger partial charge on any atom is 0.250 e. The molecule has 0 aliphatic carbocycles. The number of hydrogen-bond acceptors (Lipinski definition) is 5. The molecule has 0 bridgehead atoms. The Balaban J connectivity index is 1.11. The van der Waals surface area contributed by atoms with Crippen molar-refractivity contribution in [2.24, 2.45) is 0 Å². The number of benzene rings is 4. The molecule has 0 saturated carbocycles. The van der Waals surface area contributed by atoms with Crippen LogP contribution in [0.3, 0.4) is 0 Å². The van der Waals surface area contributed by atoms with E-state index in [1.807, 2.05) is 85.8 Å². The van der Waals surface area contributed by atoms with Gasteiger partial charge in [-0.15, -0.1) is 0 Å². The number of rotatable bonds is 5. The molecule has 0 atom stereocenters. The Morgan fingerprint density at radius 2 is 1.80 bits per heavy atom. The summed E-state index contributed by atoms with van der Waals surface area (Å²) in [6.45, 7) is 1.94. The van der Waals surface area contributed by atoms with Gasteiger partial charge >= 0.3 is 0 Å². The van der Waals surface area contributed by atoms with E-state index in [1.54, 1.807) is 12.1 Å². The summed E-state index contributed by atoms with van der Waals surface area (Å²) in [6.07, 6.45) is 2.93. The first-order chi connectivity index (χ1) is 19.8. The molecule has 202 valence electrons. The Hall–Kier alpha value is -4.24. The molecule has 2 N–H and O–H groups in total. The highest BCUT2D eigenvalue weighted by atomic mass is 79.9. The van der Waals surface area contributed by atoms with Crippen molar-refractivity contribution in [3.63, 3.8) is 0 Å². The standard InChI is InChI=1S/C32H21BrClN3O3S/c1-18-8-9-19(16-26(18)34)28-14-11-21(39-28)12-15-30(38)37-32(41)35-20-10-13-29-27(17-20)36-31(40-29)24-6-2-5-23-22(24)4-3-7-25(23)33/h2-17H,1H3,(H2,35,37,38,41)/b15-12+. The summed E-state index contributed by atoms with van der Waals surface area (Å²) in [7, 11) is 0. The zero-order valence-corrected chi connectivity index (χ0v) is 24.7. The van der Waals surface area contributed by atoms with Crippen LogP contribution >= 0.6 is 39.7 Å². The van der Waals surface area contributed by atoms with Gasteiger partial charge in [0, 0.05) is 32.4 Å². The zero-order valence-electron chi connectivity index (χ0n) is 21.6. The number of oxazole rings is 1. The second-order valence-corrected chi connectivity index (χ2v) is 11.0. The smallest absolute Gasteiger partial charge is 0.250 e. The number of amides is 1. The number of furan rings is 1. The summed E-state index contributed by atoms with van der Waals surface area (Å²) in [6, 6.07) is 26.8. The van der Waals surface area contributed by atoms with Gasteiger partial charge < -0.3 is 14.2 Å².